The number of β-amino-alcohol motifs (C(OH)–C–C–N with tert-alkyl or cyclic N) is 1. The molecule has 0 radical (unpaired) electrons. The number of aromatic nitrogens is 1. The topological polar surface area (TPSA) is 71.6 Å². The number of nitrogen functional groups attached to an aromatic ring is 1. The highest BCUT2D eigenvalue weighted by atomic mass is 16.5. The first-order valence-electron chi connectivity index (χ1n) is 18.5. The molecule has 5 heteroatoms. The molecule has 5 aliphatic rings. The first kappa shape index (κ1) is 32.6. The van der Waals surface area contributed by atoms with E-state index in [4.69, 9.17) is 10.5 Å². The highest BCUT2D eigenvalue weighted by molar-refractivity contribution is 5.67. The average molecular weight is 636 g/mol. The summed E-state index contributed by atoms with van der Waals surface area (Å²) >= 11 is 0. The van der Waals surface area contributed by atoms with E-state index in [-0.39, 0.29) is 6.10 Å². The molecule has 3 aliphatic carbocycles. The van der Waals surface area contributed by atoms with Crippen LogP contribution >= 0.6 is 0 Å². The molecule has 1 aromatic carbocycles. The lowest BCUT2D eigenvalue weighted by atomic mass is 9.66. The second-order valence-electron chi connectivity index (χ2n) is 16.5. The molecule has 0 amide bonds. The zero-order valence-corrected chi connectivity index (χ0v) is 29.7. The Morgan fingerprint density at radius 3 is 2.72 bits per heavy atom. The fourth-order valence-corrected chi connectivity index (χ4v) is 9.63. The maximum absolute atomic E-state index is 10.2. The van der Waals surface area contributed by atoms with Crippen molar-refractivity contribution in [2.45, 2.75) is 99.1 Å². The van der Waals surface area contributed by atoms with Gasteiger partial charge in [0.05, 0.1) is 12.7 Å². The van der Waals surface area contributed by atoms with E-state index in [1.807, 2.05) is 6.20 Å². The van der Waals surface area contributed by atoms with Gasteiger partial charge in [0.1, 0.15) is 11.6 Å². The largest absolute Gasteiger partial charge is 0.493 e. The summed E-state index contributed by atoms with van der Waals surface area (Å²) < 4.78 is 6.72. The van der Waals surface area contributed by atoms with Gasteiger partial charge in [0.2, 0.25) is 0 Å². The van der Waals surface area contributed by atoms with E-state index in [9.17, 15) is 5.11 Å². The van der Waals surface area contributed by atoms with Gasteiger partial charge in [-0.1, -0.05) is 64.0 Å². The molecule has 1 aromatic heterocycles. The molecule has 1 saturated heterocycles. The second-order valence-corrected chi connectivity index (χ2v) is 16.5. The molecule has 5 nitrogen and oxygen atoms in total. The Morgan fingerprint density at radius 1 is 1.11 bits per heavy atom. The monoisotopic (exact) mass is 635 g/mol. The average Bonchev–Trinajstić information content (AvgIpc) is 3.74. The number of pyridine rings is 1. The third kappa shape index (κ3) is 6.47. The molecule has 47 heavy (non-hydrogen) atoms. The van der Waals surface area contributed by atoms with Crippen LogP contribution in [0.3, 0.4) is 0 Å². The number of hydrogen-bond donors (Lipinski definition) is 2. The van der Waals surface area contributed by atoms with E-state index in [1.54, 1.807) is 22.3 Å². The molecule has 7 unspecified atom stereocenters. The summed E-state index contributed by atoms with van der Waals surface area (Å²) in [5.74, 6) is 5.08. The predicted molar refractivity (Wildman–Crippen MR) is 193 cm³/mol. The van der Waals surface area contributed by atoms with E-state index >= 15 is 0 Å². The standard InChI is InChI=1S/C42H57N3O2/c1-7-28-11-10-25(2)27(4)34-14-15-42(5,6)20-35(34)39(28)40-36-24-47-37-13-12-29(18-30(37)17-26(3)38(36)40)31-19-32(41(43)44-21-31)22-45-16-8-9-33(46)23-45/h10-13,18-19,21,25-26,28,33,36,38,40,46H,7-9,14-17,20,22-24H2,1-6H3,(H2,43,44). The van der Waals surface area contributed by atoms with Crippen molar-refractivity contribution in [2.24, 2.45) is 40.9 Å². The molecular formula is C42H57N3O2. The van der Waals surface area contributed by atoms with Gasteiger partial charge in [-0.2, -0.15) is 0 Å². The molecule has 2 saturated carbocycles. The first-order chi connectivity index (χ1) is 22.5. The number of nitrogens with two attached hydrogens (primary N) is 1. The summed E-state index contributed by atoms with van der Waals surface area (Å²) in [6.07, 6.45) is 14.5. The number of nitrogens with zero attached hydrogens (tertiary/aromatic N) is 2. The summed E-state index contributed by atoms with van der Waals surface area (Å²) in [4.78, 5) is 6.90. The molecular weight excluding hydrogens is 578 g/mol. The number of fused-ring (bicyclic) bond motifs is 3. The van der Waals surface area contributed by atoms with Crippen LogP contribution < -0.4 is 10.5 Å². The van der Waals surface area contributed by atoms with E-state index in [1.165, 1.54) is 36.8 Å². The molecule has 2 aliphatic heterocycles. The van der Waals surface area contributed by atoms with Gasteiger partial charge in [0.25, 0.3) is 0 Å². The summed E-state index contributed by atoms with van der Waals surface area (Å²) in [5.41, 5.74) is 18.1. The Kier molecular flexibility index (Phi) is 8.93. The number of allylic oxidation sites excluding steroid dienone is 6. The molecule has 2 aromatic rings. The highest BCUT2D eigenvalue weighted by Gasteiger charge is 2.57. The normalized spacial score (nSPS) is 32.3. The van der Waals surface area contributed by atoms with Crippen molar-refractivity contribution in [2.75, 3.05) is 25.4 Å². The van der Waals surface area contributed by atoms with Gasteiger partial charge in [0, 0.05) is 36.3 Å². The van der Waals surface area contributed by atoms with Gasteiger partial charge in [-0.15, -0.1) is 0 Å². The molecule has 3 heterocycles. The predicted octanol–water partition coefficient (Wildman–Crippen LogP) is 8.78. The van der Waals surface area contributed by atoms with Crippen LogP contribution in [0.2, 0.25) is 0 Å². The van der Waals surface area contributed by atoms with Crippen molar-refractivity contribution in [3.8, 4) is 16.9 Å². The van der Waals surface area contributed by atoms with Crippen LogP contribution in [-0.2, 0) is 13.0 Å². The zero-order chi connectivity index (χ0) is 33.0. The lowest BCUT2D eigenvalue weighted by molar-refractivity contribution is 0.0669. The maximum atomic E-state index is 10.2. The number of hydrogen-bond acceptors (Lipinski definition) is 5. The van der Waals surface area contributed by atoms with Crippen molar-refractivity contribution < 1.29 is 9.84 Å². The lowest BCUT2D eigenvalue weighted by Crippen LogP contribution is -2.37. The number of benzene rings is 1. The third-order valence-corrected chi connectivity index (χ3v) is 12.5. The van der Waals surface area contributed by atoms with Gasteiger partial charge >= 0.3 is 0 Å². The van der Waals surface area contributed by atoms with Gasteiger partial charge < -0.3 is 15.6 Å². The second kappa shape index (κ2) is 12.9. The quantitative estimate of drug-likeness (QED) is 0.322. The van der Waals surface area contributed by atoms with Crippen molar-refractivity contribution in [3.05, 3.63) is 76.0 Å². The number of aliphatic hydroxyl groups is 1. The van der Waals surface area contributed by atoms with E-state index in [0.29, 0.717) is 53.3 Å². The van der Waals surface area contributed by atoms with Crippen LogP contribution in [0, 0.1) is 40.9 Å². The van der Waals surface area contributed by atoms with Crippen molar-refractivity contribution >= 4 is 5.82 Å². The van der Waals surface area contributed by atoms with Crippen molar-refractivity contribution in [1.82, 2.24) is 9.88 Å². The number of rotatable bonds is 5. The Hall–Kier alpha value is -2.89. The summed E-state index contributed by atoms with van der Waals surface area (Å²) in [6, 6.07) is 8.93. The van der Waals surface area contributed by atoms with E-state index in [0.717, 1.165) is 55.8 Å². The molecule has 0 bridgehead atoms. The van der Waals surface area contributed by atoms with Gasteiger partial charge in [0.15, 0.2) is 0 Å². The fraction of sp³-hybridized carbons (Fsp3) is 0.595. The fourth-order valence-electron chi connectivity index (χ4n) is 9.63. The number of anilines is 1. The summed E-state index contributed by atoms with van der Waals surface area (Å²) in [6.45, 7) is 17.8. The van der Waals surface area contributed by atoms with Crippen LogP contribution in [0.4, 0.5) is 5.82 Å². The van der Waals surface area contributed by atoms with E-state index in [2.05, 4.69) is 87.8 Å². The van der Waals surface area contributed by atoms with Crippen LogP contribution in [0.25, 0.3) is 11.1 Å². The number of ether oxygens (including phenoxy) is 1. The minimum absolute atomic E-state index is 0.253. The van der Waals surface area contributed by atoms with Crippen molar-refractivity contribution in [3.63, 3.8) is 0 Å². The van der Waals surface area contributed by atoms with Gasteiger partial charge in [-0.3, -0.25) is 4.90 Å². The Bertz CT molecular complexity index is 1600. The number of aliphatic hydroxyl groups excluding tert-OH is 1. The molecule has 3 fully saturated rings. The lowest BCUT2D eigenvalue weighted by Gasteiger charge is -2.39. The van der Waals surface area contributed by atoms with Gasteiger partial charge in [-0.05, 0) is 134 Å². The molecule has 7 rings (SSSR count). The van der Waals surface area contributed by atoms with Crippen LogP contribution in [0.15, 0.2) is 64.9 Å². The molecule has 3 N–H and O–H groups in total. The van der Waals surface area contributed by atoms with E-state index < -0.39 is 0 Å². The first-order valence-corrected chi connectivity index (χ1v) is 18.5. The third-order valence-electron chi connectivity index (χ3n) is 12.5. The highest BCUT2D eigenvalue weighted by Crippen LogP contribution is 2.62. The summed E-state index contributed by atoms with van der Waals surface area (Å²) in [7, 11) is 0. The molecule has 7 atom stereocenters. The Labute approximate surface area is 283 Å². The zero-order valence-electron chi connectivity index (χ0n) is 29.7. The van der Waals surface area contributed by atoms with Crippen LogP contribution in [0.1, 0.15) is 91.2 Å². The van der Waals surface area contributed by atoms with Crippen LogP contribution in [-0.4, -0.2) is 40.8 Å². The maximum Gasteiger partial charge on any atom is 0.127 e. The minimum atomic E-state index is -0.253. The van der Waals surface area contributed by atoms with Crippen molar-refractivity contribution in [1.29, 1.82) is 0 Å². The number of piperidine rings is 1. The Balaban J connectivity index is 1.17. The minimum Gasteiger partial charge on any atom is -0.493 e. The molecule has 0 spiro atoms. The SMILES string of the molecule is CCC1C=CC(C)C(C)=C2CCC(C)(C)CC2=C1C1C2COc3ccc(-c4cnc(N)c(CN5CCCC(O)C5)c4)cc3CC(C)C21. The van der Waals surface area contributed by atoms with Crippen LogP contribution in [0.5, 0.6) is 5.75 Å². The van der Waals surface area contributed by atoms with Gasteiger partial charge in [-0.25, -0.2) is 4.98 Å². The molecule has 252 valence electrons. The Morgan fingerprint density at radius 2 is 1.94 bits per heavy atom. The summed E-state index contributed by atoms with van der Waals surface area (Å²) in [5, 5.41) is 10.2. The smallest absolute Gasteiger partial charge is 0.127 e. The number of likely N-dealkylation sites (tertiary alicyclic amines) is 1.